The number of hydrogen-bond acceptors (Lipinski definition) is 5. The van der Waals surface area contributed by atoms with Crippen molar-refractivity contribution in [3.63, 3.8) is 0 Å². The van der Waals surface area contributed by atoms with Gasteiger partial charge < -0.3 is 24.9 Å². The fourth-order valence-corrected chi connectivity index (χ4v) is 4.66. The topological polar surface area (TPSA) is 81.7 Å². The summed E-state index contributed by atoms with van der Waals surface area (Å²) in [6, 6.07) is 11.0. The van der Waals surface area contributed by atoms with E-state index in [1.54, 1.807) is 19.1 Å². The van der Waals surface area contributed by atoms with E-state index in [2.05, 4.69) is 42.3 Å². The summed E-state index contributed by atoms with van der Waals surface area (Å²) < 4.78 is 5.45. The molecule has 0 aliphatic carbocycles. The van der Waals surface area contributed by atoms with Gasteiger partial charge in [0.1, 0.15) is 5.75 Å². The molecule has 2 aromatic carbocycles. The second-order valence-corrected chi connectivity index (χ2v) is 8.69. The summed E-state index contributed by atoms with van der Waals surface area (Å²) in [4.78, 5) is 26.8. The van der Waals surface area contributed by atoms with Crippen LogP contribution in [0.1, 0.15) is 79.0 Å². The summed E-state index contributed by atoms with van der Waals surface area (Å²) in [6.45, 7) is 8.47. The first kappa shape index (κ1) is 28.2. The van der Waals surface area contributed by atoms with E-state index in [0.717, 1.165) is 25.9 Å². The van der Waals surface area contributed by atoms with Crippen molar-refractivity contribution in [3.8, 4) is 5.75 Å². The standard InChI is InChI=1S/C27H36N2O4.Na/c1-4-10-22(26-19(3)11-9-12-23(26)29-15-7-6-8-16-29)28-25(30)18-20-13-14-21(27(31)32)24(17-20)33-5-2;/h9,11-14,17,22H,4-8,10,15-16,18H2,1-3H3,(H,28,30)(H,31,32);/q;+1/p-1. The summed E-state index contributed by atoms with van der Waals surface area (Å²) in [5.74, 6) is -1.15. The van der Waals surface area contributed by atoms with Gasteiger partial charge in [-0.1, -0.05) is 31.5 Å². The molecular weight excluding hydrogens is 439 g/mol. The Hall–Kier alpha value is -2.02. The Kier molecular flexibility index (Phi) is 11.4. The average Bonchev–Trinajstić information content (AvgIpc) is 2.79. The van der Waals surface area contributed by atoms with Crippen molar-refractivity contribution in [1.29, 1.82) is 0 Å². The number of aromatic carboxylic acids is 1. The smallest absolute Gasteiger partial charge is 0.545 e. The predicted octanol–water partition coefficient (Wildman–Crippen LogP) is 0.952. The number of nitrogens with zero attached hydrogens (tertiary/aromatic N) is 1. The van der Waals surface area contributed by atoms with Crippen LogP contribution in [-0.2, 0) is 11.2 Å². The summed E-state index contributed by atoms with van der Waals surface area (Å²) in [6.07, 6.45) is 5.62. The van der Waals surface area contributed by atoms with Gasteiger partial charge in [0.2, 0.25) is 5.91 Å². The van der Waals surface area contributed by atoms with Crippen molar-refractivity contribution < 1.29 is 49.0 Å². The molecular formula is C27H35N2NaO4. The minimum atomic E-state index is -1.29. The molecule has 1 heterocycles. The van der Waals surface area contributed by atoms with E-state index >= 15 is 0 Å². The van der Waals surface area contributed by atoms with Crippen molar-refractivity contribution in [2.75, 3.05) is 24.6 Å². The van der Waals surface area contributed by atoms with E-state index in [1.807, 2.05) is 0 Å². The molecule has 0 radical (unpaired) electrons. The van der Waals surface area contributed by atoms with Gasteiger partial charge in [-0.25, -0.2) is 0 Å². The molecule has 34 heavy (non-hydrogen) atoms. The number of carboxylic acids is 1. The Morgan fingerprint density at radius 1 is 1.12 bits per heavy atom. The molecule has 1 amide bonds. The Morgan fingerprint density at radius 2 is 1.85 bits per heavy atom. The van der Waals surface area contributed by atoms with E-state index < -0.39 is 5.97 Å². The van der Waals surface area contributed by atoms with Crippen LogP contribution in [0.5, 0.6) is 5.75 Å². The molecule has 0 spiro atoms. The molecule has 1 saturated heterocycles. The summed E-state index contributed by atoms with van der Waals surface area (Å²) in [5, 5.41) is 14.6. The second kappa shape index (κ2) is 13.8. The molecule has 0 bridgehead atoms. The molecule has 1 atom stereocenters. The molecule has 178 valence electrons. The van der Waals surface area contributed by atoms with Crippen molar-refractivity contribution in [1.82, 2.24) is 5.32 Å². The first-order valence-electron chi connectivity index (χ1n) is 12.1. The first-order chi connectivity index (χ1) is 15.9. The van der Waals surface area contributed by atoms with Crippen molar-refractivity contribution in [3.05, 3.63) is 58.7 Å². The van der Waals surface area contributed by atoms with E-state index in [0.29, 0.717) is 12.2 Å². The Morgan fingerprint density at radius 3 is 2.50 bits per heavy atom. The van der Waals surface area contributed by atoms with Gasteiger partial charge in [-0.15, -0.1) is 0 Å². The third kappa shape index (κ3) is 7.24. The zero-order valence-corrected chi connectivity index (χ0v) is 23.0. The van der Waals surface area contributed by atoms with Crippen molar-refractivity contribution in [2.45, 2.75) is 65.3 Å². The molecule has 1 unspecified atom stereocenters. The molecule has 1 aliphatic heterocycles. The van der Waals surface area contributed by atoms with Crippen LogP contribution in [0.15, 0.2) is 36.4 Å². The number of anilines is 1. The third-order valence-electron chi connectivity index (χ3n) is 6.19. The van der Waals surface area contributed by atoms with Crippen molar-refractivity contribution in [2.24, 2.45) is 0 Å². The average molecular weight is 475 g/mol. The fourth-order valence-electron chi connectivity index (χ4n) is 4.66. The molecule has 0 saturated carbocycles. The quantitative estimate of drug-likeness (QED) is 0.519. The number of piperidine rings is 1. The van der Waals surface area contributed by atoms with Gasteiger partial charge >= 0.3 is 29.6 Å². The predicted molar refractivity (Wildman–Crippen MR) is 129 cm³/mol. The third-order valence-corrected chi connectivity index (χ3v) is 6.19. The minimum Gasteiger partial charge on any atom is -0.545 e. The van der Waals surface area contributed by atoms with Crippen LogP contribution in [0.3, 0.4) is 0 Å². The first-order valence-corrected chi connectivity index (χ1v) is 12.1. The Labute approximate surface area is 225 Å². The van der Waals surface area contributed by atoms with Gasteiger partial charge in [-0.3, -0.25) is 4.79 Å². The number of carbonyl (C=O) groups excluding carboxylic acids is 2. The van der Waals surface area contributed by atoms with E-state index in [4.69, 9.17) is 4.74 Å². The summed E-state index contributed by atoms with van der Waals surface area (Å²) in [5.41, 5.74) is 4.32. The maximum Gasteiger partial charge on any atom is 1.00 e. The number of aryl methyl sites for hydroxylation is 1. The Bertz CT molecular complexity index is 973. The van der Waals surface area contributed by atoms with Gasteiger partial charge in [0.25, 0.3) is 0 Å². The van der Waals surface area contributed by atoms with Crippen molar-refractivity contribution >= 4 is 17.6 Å². The van der Waals surface area contributed by atoms with E-state index in [-0.39, 0.29) is 59.2 Å². The molecule has 7 heteroatoms. The molecule has 3 rings (SSSR count). The van der Waals surface area contributed by atoms with Gasteiger partial charge in [0.05, 0.1) is 25.0 Å². The van der Waals surface area contributed by atoms with Crippen LogP contribution in [0, 0.1) is 6.92 Å². The summed E-state index contributed by atoms with van der Waals surface area (Å²) >= 11 is 0. The number of carboxylic acid groups (broad SMARTS) is 1. The normalized spacial score (nSPS) is 14.1. The number of ether oxygens (including phenoxy) is 1. The van der Waals surface area contributed by atoms with Gasteiger partial charge in [-0.2, -0.15) is 0 Å². The summed E-state index contributed by atoms with van der Waals surface area (Å²) in [7, 11) is 0. The zero-order chi connectivity index (χ0) is 23.8. The van der Waals surface area contributed by atoms with Crippen LogP contribution in [-0.4, -0.2) is 31.6 Å². The zero-order valence-electron chi connectivity index (χ0n) is 21.0. The molecule has 1 N–H and O–H groups in total. The van der Waals surface area contributed by atoms with E-state index in [1.165, 1.54) is 42.1 Å². The second-order valence-electron chi connectivity index (χ2n) is 8.69. The molecule has 1 fully saturated rings. The number of hydrogen-bond donors (Lipinski definition) is 1. The monoisotopic (exact) mass is 474 g/mol. The number of rotatable bonds is 10. The number of benzene rings is 2. The molecule has 2 aromatic rings. The van der Waals surface area contributed by atoms with Gasteiger partial charge in [0.15, 0.2) is 0 Å². The van der Waals surface area contributed by atoms with Gasteiger partial charge in [0, 0.05) is 29.9 Å². The molecule has 6 nitrogen and oxygen atoms in total. The Balaban J connectivity index is 0.00000408. The number of carbonyl (C=O) groups is 2. The maximum absolute atomic E-state index is 13.1. The maximum atomic E-state index is 13.1. The molecule has 0 aromatic heterocycles. The van der Waals surface area contributed by atoms with Crippen LogP contribution in [0.2, 0.25) is 0 Å². The van der Waals surface area contributed by atoms with Crippen LogP contribution in [0.25, 0.3) is 0 Å². The van der Waals surface area contributed by atoms with Crippen LogP contribution < -0.4 is 49.6 Å². The van der Waals surface area contributed by atoms with E-state index in [9.17, 15) is 14.7 Å². The number of amides is 1. The minimum absolute atomic E-state index is 0. The fraction of sp³-hybridized carbons (Fsp3) is 0.481. The van der Waals surface area contributed by atoms with Gasteiger partial charge in [-0.05, 0) is 68.9 Å². The number of nitrogens with one attached hydrogen (secondary N) is 1. The SMILES string of the molecule is CCCC(NC(=O)Cc1ccc(C(=O)[O-])c(OCC)c1)c1c(C)cccc1N1CCCCC1.[Na+]. The molecule has 1 aliphatic rings. The largest absolute Gasteiger partial charge is 1.00 e. The van der Waals surface area contributed by atoms with Crippen LogP contribution >= 0.6 is 0 Å². The van der Waals surface area contributed by atoms with Crippen LogP contribution in [0.4, 0.5) is 5.69 Å².